The van der Waals surface area contributed by atoms with E-state index in [2.05, 4.69) is 24.2 Å². The molecule has 110 valence electrons. The molecule has 1 heterocycles. The van der Waals surface area contributed by atoms with Crippen LogP contribution in [-0.2, 0) is 0 Å². The van der Waals surface area contributed by atoms with Crippen molar-refractivity contribution in [2.24, 2.45) is 0 Å². The molecule has 1 aliphatic rings. The predicted octanol–water partition coefficient (Wildman–Crippen LogP) is 2.50. The molecule has 1 saturated heterocycles. The Bertz CT molecular complexity index is 493. The maximum absolute atomic E-state index is 11.1. The SMILES string of the molecule is COc1ccc([N+](=O)[O-])c(NC2CCN(C)C(C)C2)c1. The van der Waals surface area contributed by atoms with Gasteiger partial charge in [-0.1, -0.05) is 0 Å². The molecule has 0 amide bonds. The number of nitro benzene ring substituents is 1. The molecule has 0 aliphatic carbocycles. The van der Waals surface area contributed by atoms with Crippen molar-refractivity contribution in [2.45, 2.75) is 31.8 Å². The van der Waals surface area contributed by atoms with Crippen LogP contribution in [0.5, 0.6) is 5.75 Å². The number of piperidine rings is 1. The summed E-state index contributed by atoms with van der Waals surface area (Å²) in [7, 11) is 3.66. The van der Waals surface area contributed by atoms with Gasteiger partial charge in [-0.25, -0.2) is 0 Å². The van der Waals surface area contributed by atoms with Gasteiger partial charge in [-0.2, -0.15) is 0 Å². The van der Waals surface area contributed by atoms with Crippen molar-refractivity contribution in [1.29, 1.82) is 0 Å². The fraction of sp³-hybridized carbons (Fsp3) is 0.571. The Balaban J connectivity index is 2.17. The predicted molar refractivity (Wildman–Crippen MR) is 78.4 cm³/mol. The van der Waals surface area contributed by atoms with Gasteiger partial charge < -0.3 is 15.0 Å². The number of nitro groups is 1. The van der Waals surface area contributed by atoms with Crippen LogP contribution in [0, 0.1) is 10.1 Å². The zero-order chi connectivity index (χ0) is 14.7. The summed E-state index contributed by atoms with van der Waals surface area (Å²) in [6.07, 6.45) is 1.96. The summed E-state index contributed by atoms with van der Waals surface area (Å²) in [5.41, 5.74) is 0.633. The highest BCUT2D eigenvalue weighted by Gasteiger charge is 2.25. The molecular weight excluding hydrogens is 258 g/mol. The Labute approximate surface area is 118 Å². The fourth-order valence-electron chi connectivity index (χ4n) is 2.56. The number of rotatable bonds is 4. The molecule has 1 N–H and O–H groups in total. The fourth-order valence-corrected chi connectivity index (χ4v) is 2.56. The molecule has 6 nitrogen and oxygen atoms in total. The lowest BCUT2D eigenvalue weighted by Gasteiger charge is -2.35. The summed E-state index contributed by atoms with van der Waals surface area (Å²) < 4.78 is 5.15. The van der Waals surface area contributed by atoms with Crippen LogP contribution in [0.1, 0.15) is 19.8 Å². The Kier molecular flexibility index (Phi) is 4.44. The first-order valence-corrected chi connectivity index (χ1v) is 6.80. The lowest BCUT2D eigenvalue weighted by Crippen LogP contribution is -2.42. The van der Waals surface area contributed by atoms with E-state index < -0.39 is 0 Å². The molecule has 2 atom stereocenters. The quantitative estimate of drug-likeness (QED) is 0.677. The van der Waals surface area contributed by atoms with Crippen molar-refractivity contribution < 1.29 is 9.66 Å². The topological polar surface area (TPSA) is 67.6 Å². The minimum absolute atomic E-state index is 0.0948. The third kappa shape index (κ3) is 3.19. The van der Waals surface area contributed by atoms with E-state index in [4.69, 9.17) is 4.74 Å². The highest BCUT2D eigenvalue weighted by molar-refractivity contribution is 5.64. The standard InChI is InChI=1S/C14H21N3O3/c1-10-8-11(6-7-16(10)2)15-13-9-12(20-3)4-5-14(13)17(18)19/h4-5,9-11,15H,6-8H2,1-3H3. The lowest BCUT2D eigenvalue weighted by atomic mass is 9.98. The van der Waals surface area contributed by atoms with Gasteiger partial charge >= 0.3 is 0 Å². The molecule has 1 aromatic rings. The Hall–Kier alpha value is -1.82. The number of likely N-dealkylation sites (tertiary alicyclic amines) is 1. The van der Waals surface area contributed by atoms with E-state index in [1.54, 1.807) is 19.2 Å². The van der Waals surface area contributed by atoms with Crippen LogP contribution in [0.3, 0.4) is 0 Å². The van der Waals surface area contributed by atoms with Gasteiger partial charge in [0.2, 0.25) is 0 Å². The Morgan fingerprint density at radius 3 is 2.85 bits per heavy atom. The molecule has 1 fully saturated rings. The third-order valence-electron chi connectivity index (χ3n) is 3.97. The van der Waals surface area contributed by atoms with Gasteiger partial charge in [0.05, 0.1) is 12.0 Å². The summed E-state index contributed by atoms with van der Waals surface area (Å²) in [6, 6.07) is 5.53. The highest BCUT2D eigenvalue weighted by Crippen LogP contribution is 2.31. The van der Waals surface area contributed by atoms with Crippen molar-refractivity contribution in [2.75, 3.05) is 26.0 Å². The number of ether oxygens (including phenoxy) is 1. The molecule has 0 spiro atoms. The molecule has 1 aliphatic heterocycles. The number of nitrogens with one attached hydrogen (secondary N) is 1. The summed E-state index contributed by atoms with van der Waals surface area (Å²) in [4.78, 5) is 13.0. The lowest BCUT2D eigenvalue weighted by molar-refractivity contribution is -0.384. The van der Waals surface area contributed by atoms with Crippen molar-refractivity contribution in [1.82, 2.24) is 4.90 Å². The van der Waals surface area contributed by atoms with E-state index in [0.717, 1.165) is 19.4 Å². The van der Waals surface area contributed by atoms with Gasteiger partial charge in [-0.05, 0) is 32.9 Å². The summed E-state index contributed by atoms with van der Waals surface area (Å²) in [5, 5.41) is 14.4. The van der Waals surface area contributed by atoms with E-state index in [1.807, 2.05) is 0 Å². The summed E-state index contributed by atoms with van der Waals surface area (Å²) in [6.45, 7) is 3.17. The van der Waals surface area contributed by atoms with Gasteiger partial charge in [0, 0.05) is 30.8 Å². The van der Waals surface area contributed by atoms with Crippen molar-refractivity contribution in [3.05, 3.63) is 28.3 Å². The maximum atomic E-state index is 11.1. The molecule has 0 radical (unpaired) electrons. The largest absolute Gasteiger partial charge is 0.497 e. The maximum Gasteiger partial charge on any atom is 0.292 e. The van der Waals surface area contributed by atoms with E-state index in [9.17, 15) is 10.1 Å². The number of methoxy groups -OCH3 is 1. The second-order valence-corrected chi connectivity index (χ2v) is 5.34. The van der Waals surface area contributed by atoms with Crippen molar-refractivity contribution in [3.63, 3.8) is 0 Å². The summed E-state index contributed by atoms with van der Waals surface area (Å²) in [5.74, 6) is 0.624. The van der Waals surface area contributed by atoms with Crippen LogP contribution in [0.15, 0.2) is 18.2 Å². The van der Waals surface area contributed by atoms with E-state index in [1.165, 1.54) is 6.07 Å². The first-order valence-electron chi connectivity index (χ1n) is 6.80. The second-order valence-electron chi connectivity index (χ2n) is 5.34. The molecule has 1 aromatic carbocycles. The second kappa shape index (κ2) is 6.09. The first-order chi connectivity index (χ1) is 9.51. The average molecular weight is 279 g/mol. The monoisotopic (exact) mass is 279 g/mol. The molecule has 20 heavy (non-hydrogen) atoms. The van der Waals surface area contributed by atoms with Crippen LogP contribution >= 0.6 is 0 Å². The molecule has 0 saturated carbocycles. The zero-order valence-corrected chi connectivity index (χ0v) is 12.1. The van der Waals surface area contributed by atoms with Crippen molar-refractivity contribution >= 4 is 11.4 Å². The highest BCUT2D eigenvalue weighted by atomic mass is 16.6. The molecule has 6 heteroatoms. The van der Waals surface area contributed by atoms with Gasteiger partial charge in [-0.15, -0.1) is 0 Å². The van der Waals surface area contributed by atoms with Crippen LogP contribution in [0.25, 0.3) is 0 Å². The van der Waals surface area contributed by atoms with Gasteiger partial charge in [0.15, 0.2) is 0 Å². The minimum Gasteiger partial charge on any atom is -0.497 e. The van der Waals surface area contributed by atoms with Crippen LogP contribution in [0.2, 0.25) is 0 Å². The van der Waals surface area contributed by atoms with Gasteiger partial charge in [0.1, 0.15) is 11.4 Å². The molecular formula is C14H21N3O3. The third-order valence-corrected chi connectivity index (χ3v) is 3.97. The number of benzene rings is 1. The smallest absolute Gasteiger partial charge is 0.292 e. The number of anilines is 1. The number of nitrogens with zero attached hydrogens (tertiary/aromatic N) is 2. The molecule has 2 rings (SSSR count). The Morgan fingerprint density at radius 1 is 1.50 bits per heavy atom. The molecule has 2 unspecified atom stereocenters. The van der Waals surface area contributed by atoms with E-state index in [-0.39, 0.29) is 16.7 Å². The Morgan fingerprint density at radius 2 is 2.25 bits per heavy atom. The van der Waals surface area contributed by atoms with Gasteiger partial charge in [0.25, 0.3) is 5.69 Å². The minimum atomic E-state index is -0.361. The first kappa shape index (κ1) is 14.6. The zero-order valence-electron chi connectivity index (χ0n) is 12.1. The normalized spacial score (nSPS) is 23.4. The number of hydrogen-bond acceptors (Lipinski definition) is 5. The average Bonchev–Trinajstić information content (AvgIpc) is 2.42. The number of hydrogen-bond donors (Lipinski definition) is 1. The van der Waals surface area contributed by atoms with Crippen molar-refractivity contribution in [3.8, 4) is 5.75 Å². The van der Waals surface area contributed by atoms with Crippen LogP contribution < -0.4 is 10.1 Å². The molecule has 0 aromatic heterocycles. The van der Waals surface area contributed by atoms with E-state index >= 15 is 0 Å². The van der Waals surface area contributed by atoms with Crippen LogP contribution in [-0.4, -0.2) is 42.6 Å². The summed E-state index contributed by atoms with van der Waals surface area (Å²) >= 11 is 0. The van der Waals surface area contributed by atoms with E-state index in [0.29, 0.717) is 17.5 Å². The van der Waals surface area contributed by atoms with Gasteiger partial charge in [-0.3, -0.25) is 10.1 Å². The molecule has 0 bridgehead atoms. The van der Waals surface area contributed by atoms with Crippen LogP contribution in [0.4, 0.5) is 11.4 Å².